The van der Waals surface area contributed by atoms with Gasteiger partial charge < -0.3 is 4.74 Å². The Kier molecular flexibility index (Phi) is 3.36. The molecule has 0 aromatic heterocycles. The molecule has 0 N–H and O–H groups in total. The second kappa shape index (κ2) is 4.63. The Hall–Kier alpha value is -1.12. The minimum Gasteiger partial charge on any atom is -0.465 e. The largest absolute Gasteiger partial charge is 0.465 e. The van der Waals surface area contributed by atoms with E-state index in [0.29, 0.717) is 12.5 Å². The zero-order valence-corrected chi connectivity index (χ0v) is 10.6. The maximum atomic E-state index is 11.9. The number of fused-ring (bicyclic) bond motifs is 2. The number of carbonyl (C=O) groups is 2. The second-order valence-corrected chi connectivity index (χ2v) is 5.40. The first-order valence-electron chi connectivity index (χ1n) is 6.46. The highest BCUT2D eigenvalue weighted by Crippen LogP contribution is 2.48. The van der Waals surface area contributed by atoms with Gasteiger partial charge >= 0.3 is 5.97 Å². The molecule has 3 atom stereocenters. The third-order valence-electron chi connectivity index (χ3n) is 4.06. The molecule has 3 heteroatoms. The summed E-state index contributed by atoms with van der Waals surface area (Å²) in [6.45, 7) is 4.59. The van der Waals surface area contributed by atoms with Crippen LogP contribution in [-0.2, 0) is 14.3 Å². The molecule has 0 saturated heterocycles. The maximum Gasteiger partial charge on any atom is 0.307 e. The minimum absolute atomic E-state index is 0.0670. The van der Waals surface area contributed by atoms with Crippen LogP contribution in [0.25, 0.3) is 0 Å². The van der Waals surface area contributed by atoms with Gasteiger partial charge in [-0.1, -0.05) is 32.4 Å². The van der Waals surface area contributed by atoms with Crippen molar-refractivity contribution in [1.29, 1.82) is 0 Å². The van der Waals surface area contributed by atoms with E-state index in [9.17, 15) is 9.59 Å². The highest BCUT2D eigenvalue weighted by atomic mass is 16.5. The highest BCUT2D eigenvalue weighted by molar-refractivity contribution is 5.97. The van der Waals surface area contributed by atoms with Crippen molar-refractivity contribution in [1.82, 2.24) is 0 Å². The van der Waals surface area contributed by atoms with Crippen LogP contribution in [0.2, 0.25) is 0 Å². The molecule has 2 aliphatic carbocycles. The van der Waals surface area contributed by atoms with Crippen LogP contribution < -0.4 is 0 Å². The van der Waals surface area contributed by atoms with Crippen molar-refractivity contribution in [2.24, 2.45) is 17.3 Å². The molecule has 2 aliphatic rings. The average molecular weight is 236 g/mol. The maximum absolute atomic E-state index is 11.9. The molecule has 0 aromatic carbocycles. The SMILES string of the molecule is CCC(C)COC(=O)CC12C=CC(CC1)C2=O. The molecule has 0 aromatic rings. The first kappa shape index (κ1) is 12.3. The van der Waals surface area contributed by atoms with E-state index in [-0.39, 0.29) is 24.1 Å². The summed E-state index contributed by atoms with van der Waals surface area (Å²) < 4.78 is 5.23. The number of hydrogen-bond donors (Lipinski definition) is 0. The Balaban J connectivity index is 1.87. The molecular formula is C14H20O3. The van der Waals surface area contributed by atoms with Gasteiger partial charge in [-0.3, -0.25) is 9.59 Å². The molecule has 2 rings (SSSR count). The van der Waals surface area contributed by atoms with E-state index < -0.39 is 5.41 Å². The van der Waals surface area contributed by atoms with Crippen LogP contribution in [0.3, 0.4) is 0 Å². The summed E-state index contributed by atoms with van der Waals surface area (Å²) in [6, 6.07) is 0. The van der Waals surface area contributed by atoms with E-state index in [1.54, 1.807) is 0 Å². The molecule has 1 fully saturated rings. The third kappa shape index (κ3) is 2.28. The van der Waals surface area contributed by atoms with Crippen molar-refractivity contribution in [2.75, 3.05) is 6.61 Å². The van der Waals surface area contributed by atoms with Crippen molar-refractivity contribution in [3.05, 3.63) is 12.2 Å². The Morgan fingerprint density at radius 2 is 2.41 bits per heavy atom. The van der Waals surface area contributed by atoms with Gasteiger partial charge in [0, 0.05) is 5.92 Å². The molecular weight excluding hydrogens is 216 g/mol. The predicted octanol–water partition coefficient (Wildman–Crippen LogP) is 2.50. The number of ether oxygens (including phenoxy) is 1. The highest BCUT2D eigenvalue weighted by Gasteiger charge is 2.50. The smallest absolute Gasteiger partial charge is 0.307 e. The Bertz CT molecular complexity index is 358. The number of allylic oxidation sites excluding steroid dienone is 2. The number of rotatable bonds is 5. The van der Waals surface area contributed by atoms with Gasteiger partial charge in [-0.15, -0.1) is 0 Å². The lowest BCUT2D eigenvalue weighted by molar-refractivity contribution is -0.149. The first-order chi connectivity index (χ1) is 8.07. The van der Waals surface area contributed by atoms with Gasteiger partial charge in [0.1, 0.15) is 5.78 Å². The van der Waals surface area contributed by atoms with E-state index in [1.807, 2.05) is 12.2 Å². The fourth-order valence-corrected chi connectivity index (χ4v) is 2.58. The van der Waals surface area contributed by atoms with Crippen molar-refractivity contribution < 1.29 is 14.3 Å². The summed E-state index contributed by atoms with van der Waals surface area (Å²) >= 11 is 0. The van der Waals surface area contributed by atoms with Crippen molar-refractivity contribution in [3.8, 4) is 0 Å². The van der Waals surface area contributed by atoms with Crippen LogP contribution in [0.15, 0.2) is 12.2 Å². The fourth-order valence-electron chi connectivity index (χ4n) is 2.58. The molecule has 1 saturated carbocycles. The quantitative estimate of drug-likeness (QED) is 0.544. The Morgan fingerprint density at radius 1 is 1.65 bits per heavy atom. The molecule has 2 bridgehead atoms. The number of carbonyl (C=O) groups excluding carboxylic acids is 2. The summed E-state index contributed by atoms with van der Waals surface area (Å²) in [6.07, 6.45) is 6.82. The van der Waals surface area contributed by atoms with Gasteiger partial charge in [-0.2, -0.15) is 0 Å². The molecule has 3 unspecified atom stereocenters. The average Bonchev–Trinajstić information content (AvgIpc) is 2.79. The fraction of sp³-hybridized carbons (Fsp3) is 0.714. The lowest BCUT2D eigenvalue weighted by Gasteiger charge is -2.20. The van der Waals surface area contributed by atoms with Crippen LogP contribution in [0.5, 0.6) is 0 Å². The molecule has 3 nitrogen and oxygen atoms in total. The molecule has 94 valence electrons. The van der Waals surface area contributed by atoms with Gasteiger partial charge in [-0.25, -0.2) is 0 Å². The number of Topliss-reactive ketones (excluding diaryl/α,β-unsaturated/α-hetero) is 1. The molecule has 0 radical (unpaired) electrons. The van der Waals surface area contributed by atoms with Crippen molar-refractivity contribution in [3.63, 3.8) is 0 Å². The Morgan fingerprint density at radius 3 is 2.88 bits per heavy atom. The van der Waals surface area contributed by atoms with Crippen LogP contribution in [0.4, 0.5) is 0 Å². The topological polar surface area (TPSA) is 43.4 Å². The normalized spacial score (nSPS) is 31.9. The third-order valence-corrected chi connectivity index (χ3v) is 4.06. The van der Waals surface area contributed by atoms with E-state index in [2.05, 4.69) is 13.8 Å². The molecule has 0 heterocycles. The van der Waals surface area contributed by atoms with Crippen LogP contribution in [0.1, 0.15) is 39.5 Å². The zero-order chi connectivity index (χ0) is 12.5. The molecule has 0 aliphatic heterocycles. The predicted molar refractivity (Wildman–Crippen MR) is 64.3 cm³/mol. The van der Waals surface area contributed by atoms with Crippen LogP contribution in [0, 0.1) is 17.3 Å². The summed E-state index contributed by atoms with van der Waals surface area (Å²) in [4.78, 5) is 23.7. The standard InChI is InChI=1S/C14H20O3/c1-3-10(2)9-17-12(15)8-14-6-4-11(5-7-14)13(14)16/h4,6,10-11H,3,5,7-9H2,1-2H3. The van der Waals surface area contributed by atoms with E-state index >= 15 is 0 Å². The lowest BCUT2D eigenvalue weighted by Crippen LogP contribution is -2.27. The molecule has 17 heavy (non-hydrogen) atoms. The van der Waals surface area contributed by atoms with E-state index in [0.717, 1.165) is 19.3 Å². The van der Waals surface area contributed by atoms with Crippen LogP contribution >= 0.6 is 0 Å². The van der Waals surface area contributed by atoms with Crippen molar-refractivity contribution >= 4 is 11.8 Å². The van der Waals surface area contributed by atoms with E-state index in [1.165, 1.54) is 0 Å². The zero-order valence-electron chi connectivity index (χ0n) is 10.6. The number of hydrogen-bond acceptors (Lipinski definition) is 3. The molecule has 0 spiro atoms. The monoisotopic (exact) mass is 236 g/mol. The van der Waals surface area contributed by atoms with Crippen molar-refractivity contribution in [2.45, 2.75) is 39.5 Å². The van der Waals surface area contributed by atoms with Gasteiger partial charge in [0.05, 0.1) is 18.4 Å². The summed E-state index contributed by atoms with van der Waals surface area (Å²) in [5, 5.41) is 0. The van der Waals surface area contributed by atoms with Gasteiger partial charge in [0.25, 0.3) is 0 Å². The lowest BCUT2D eigenvalue weighted by atomic mass is 9.83. The summed E-state index contributed by atoms with van der Waals surface area (Å²) in [7, 11) is 0. The van der Waals surface area contributed by atoms with Gasteiger partial charge in [0.2, 0.25) is 0 Å². The van der Waals surface area contributed by atoms with E-state index in [4.69, 9.17) is 4.74 Å². The first-order valence-corrected chi connectivity index (χ1v) is 6.46. The summed E-state index contributed by atoms with van der Waals surface area (Å²) in [5.41, 5.74) is -0.517. The van der Waals surface area contributed by atoms with Gasteiger partial charge in [-0.05, 0) is 18.8 Å². The minimum atomic E-state index is -0.517. The summed E-state index contributed by atoms with van der Waals surface area (Å²) in [5.74, 6) is 0.448. The second-order valence-electron chi connectivity index (χ2n) is 5.40. The molecule has 0 amide bonds. The number of ketones is 1. The van der Waals surface area contributed by atoms with Crippen LogP contribution in [-0.4, -0.2) is 18.4 Å². The Labute approximate surface area is 102 Å². The number of esters is 1. The van der Waals surface area contributed by atoms with Gasteiger partial charge in [0.15, 0.2) is 0 Å².